The summed E-state index contributed by atoms with van der Waals surface area (Å²) in [6, 6.07) is 4.32. The minimum atomic E-state index is -4.85. The number of benzene rings is 2. The number of hydrogen-bond acceptors (Lipinski definition) is 8. The van der Waals surface area contributed by atoms with Crippen LogP contribution in [0.15, 0.2) is 30.3 Å². The minimum absolute atomic E-state index is 0.000604. The van der Waals surface area contributed by atoms with Crippen LogP contribution in [0.2, 0.25) is 5.02 Å². The average Bonchev–Trinajstić information content (AvgIpc) is 4.02. The molecule has 19 heteroatoms. The van der Waals surface area contributed by atoms with Crippen molar-refractivity contribution in [2.45, 2.75) is 126 Å². The number of sulfone groups is 1. The van der Waals surface area contributed by atoms with Gasteiger partial charge in [0.15, 0.2) is 15.7 Å². The predicted molar refractivity (Wildman–Crippen MR) is 221 cm³/mol. The van der Waals surface area contributed by atoms with E-state index in [9.17, 15) is 43.6 Å². The van der Waals surface area contributed by atoms with E-state index in [1.54, 1.807) is 27.7 Å². The molecule has 0 saturated heterocycles. The third kappa shape index (κ3) is 9.48. The maximum Gasteiger partial charge on any atom is 0.408 e. The van der Waals surface area contributed by atoms with Gasteiger partial charge in [-0.15, -0.1) is 0 Å². The molecule has 3 aliphatic rings. The van der Waals surface area contributed by atoms with Gasteiger partial charge in [0.2, 0.25) is 10.0 Å². The number of ether oxygens (including phenoxy) is 1. The average molecular weight is 910 g/mol. The molecule has 0 aliphatic heterocycles. The zero-order chi connectivity index (χ0) is 44.6. The lowest BCUT2D eigenvalue weighted by molar-refractivity contribution is -0.141. The number of hydrogen-bond donors (Lipinski definition) is 2. The van der Waals surface area contributed by atoms with Crippen molar-refractivity contribution < 1.29 is 48.3 Å². The molecule has 1 amide bonds. The Bertz CT molecular complexity index is 2720. The third-order valence-electron chi connectivity index (χ3n) is 10.9. The van der Waals surface area contributed by atoms with Crippen molar-refractivity contribution in [2.75, 3.05) is 4.72 Å². The van der Waals surface area contributed by atoms with Crippen LogP contribution in [0.3, 0.4) is 0 Å². The monoisotopic (exact) mass is 909 g/mol. The lowest BCUT2D eigenvalue weighted by atomic mass is 9.88. The van der Waals surface area contributed by atoms with Gasteiger partial charge >= 0.3 is 12.3 Å². The summed E-state index contributed by atoms with van der Waals surface area (Å²) in [4.78, 5) is 18.6. The van der Waals surface area contributed by atoms with Crippen LogP contribution in [0.4, 0.5) is 32.6 Å². The highest BCUT2D eigenvalue weighted by atomic mass is 35.5. The van der Waals surface area contributed by atoms with Crippen molar-refractivity contribution in [3.05, 3.63) is 75.1 Å². The third-order valence-corrected chi connectivity index (χ3v) is 16.1. The van der Waals surface area contributed by atoms with Gasteiger partial charge in [0.05, 0.1) is 38.2 Å². The number of anilines is 1. The standard InChI is InChI=1S/C42H45ClF5N5O6S2/c1-22-16-33(22)61(57,58)52-38-35-30(43)13-12-29(37(35)53(51-38)21-42(46,47)48)34-28-9-7-8-27(28)31(14-15-41(5,6)60(55,56)26-10-11-26)49-36(34)32(50-39(54)59-40(2,3)4)19-23-17-24(44)20-25(45)18-23/h12-13,17-18,20,22,26,32-33H,7-11,16,19,21H2,1-6H3,(H,50,54)(H,51,52)/t22?,32-,33?/m0/s1. The first-order valence-electron chi connectivity index (χ1n) is 19.8. The zero-order valence-electron chi connectivity index (χ0n) is 34.2. The number of aromatic nitrogens is 3. The number of sulfonamides is 1. The minimum Gasteiger partial charge on any atom is -0.444 e. The first-order chi connectivity index (χ1) is 28.2. The van der Waals surface area contributed by atoms with Crippen molar-refractivity contribution in [2.24, 2.45) is 5.92 Å². The molecule has 3 atom stereocenters. The van der Waals surface area contributed by atoms with E-state index in [1.165, 1.54) is 26.0 Å². The predicted octanol–water partition coefficient (Wildman–Crippen LogP) is 8.75. The SMILES string of the molecule is CC1CC1S(=O)(=O)Nc1nn(CC(F)(F)F)c2c(-c3c([C@H](Cc4cc(F)cc(F)c4)NC(=O)OC(C)(C)C)nc(C#CC(C)(C)S(=O)(=O)C4CC4)c4c3CCC4)ccc(Cl)c12. The van der Waals surface area contributed by atoms with Gasteiger partial charge in [-0.05, 0) is 126 Å². The summed E-state index contributed by atoms with van der Waals surface area (Å²) in [6.07, 6.45) is -3.51. The smallest absolute Gasteiger partial charge is 0.408 e. The normalized spacial score (nSPS) is 18.6. The number of carbonyl (C=O) groups is 1. The maximum atomic E-state index is 14.7. The van der Waals surface area contributed by atoms with Gasteiger partial charge in [0.25, 0.3) is 0 Å². The van der Waals surface area contributed by atoms with Crippen LogP contribution in [-0.4, -0.2) is 64.7 Å². The Kier molecular flexibility index (Phi) is 11.5. The Balaban J connectivity index is 1.53. The number of rotatable bonds is 11. The van der Waals surface area contributed by atoms with Gasteiger partial charge in [-0.1, -0.05) is 30.5 Å². The second kappa shape index (κ2) is 15.7. The van der Waals surface area contributed by atoms with Gasteiger partial charge in [-0.25, -0.2) is 35.4 Å². The van der Waals surface area contributed by atoms with Gasteiger partial charge in [-0.2, -0.15) is 18.3 Å². The molecule has 328 valence electrons. The Hall–Kier alpha value is -4.47. The Morgan fingerprint density at radius 1 is 1.02 bits per heavy atom. The van der Waals surface area contributed by atoms with Crippen LogP contribution in [0.1, 0.15) is 101 Å². The molecule has 2 unspecified atom stereocenters. The quantitative estimate of drug-likeness (QED) is 0.112. The van der Waals surface area contributed by atoms with Crippen molar-refractivity contribution in [1.82, 2.24) is 20.1 Å². The first-order valence-corrected chi connectivity index (χ1v) is 23.3. The lowest BCUT2D eigenvalue weighted by Crippen LogP contribution is -2.36. The molecule has 3 aliphatic carbocycles. The van der Waals surface area contributed by atoms with E-state index in [-0.39, 0.29) is 56.3 Å². The van der Waals surface area contributed by atoms with E-state index in [4.69, 9.17) is 21.3 Å². The molecule has 4 aromatic rings. The summed E-state index contributed by atoms with van der Waals surface area (Å²) in [7, 11) is -7.78. The van der Waals surface area contributed by atoms with E-state index in [0.717, 1.165) is 12.1 Å². The highest BCUT2D eigenvalue weighted by molar-refractivity contribution is 7.94. The molecule has 61 heavy (non-hydrogen) atoms. The van der Waals surface area contributed by atoms with Gasteiger partial charge in [-0.3, -0.25) is 9.40 Å². The summed E-state index contributed by atoms with van der Waals surface area (Å²) >= 11 is 6.72. The van der Waals surface area contributed by atoms with E-state index >= 15 is 0 Å². The topological polar surface area (TPSA) is 149 Å². The van der Waals surface area contributed by atoms with E-state index in [2.05, 4.69) is 27.0 Å². The number of nitrogens with one attached hydrogen (secondary N) is 2. The van der Waals surface area contributed by atoms with E-state index in [0.29, 0.717) is 60.4 Å². The van der Waals surface area contributed by atoms with Crippen molar-refractivity contribution in [3.63, 3.8) is 0 Å². The molecular weight excluding hydrogens is 865 g/mol. The molecule has 0 spiro atoms. The van der Waals surface area contributed by atoms with Crippen LogP contribution in [0.25, 0.3) is 22.0 Å². The summed E-state index contributed by atoms with van der Waals surface area (Å²) in [5.74, 6) is 3.47. The summed E-state index contributed by atoms with van der Waals surface area (Å²) < 4.78 is 133. The van der Waals surface area contributed by atoms with E-state index in [1.807, 2.05) is 0 Å². The fraction of sp³-hybridized carbons (Fsp3) is 0.500. The Labute approximate surface area is 356 Å². The fourth-order valence-electron chi connectivity index (χ4n) is 7.81. The highest BCUT2D eigenvalue weighted by Crippen LogP contribution is 2.46. The molecule has 0 bridgehead atoms. The number of alkyl carbamates (subject to hydrolysis) is 1. The lowest BCUT2D eigenvalue weighted by Gasteiger charge is -2.27. The second-order valence-electron chi connectivity index (χ2n) is 17.6. The number of nitrogens with zero attached hydrogens (tertiary/aromatic N) is 3. The number of alkyl halides is 3. The molecule has 2 N–H and O–H groups in total. The van der Waals surface area contributed by atoms with E-state index < -0.39 is 83.0 Å². The van der Waals surface area contributed by atoms with Gasteiger partial charge in [0, 0.05) is 17.2 Å². The first kappa shape index (κ1) is 44.6. The molecule has 0 radical (unpaired) electrons. The number of amides is 1. The van der Waals surface area contributed by atoms with Crippen LogP contribution in [0.5, 0.6) is 0 Å². The molecule has 11 nitrogen and oxygen atoms in total. The largest absolute Gasteiger partial charge is 0.444 e. The zero-order valence-corrected chi connectivity index (χ0v) is 36.6. The van der Waals surface area contributed by atoms with Gasteiger partial charge < -0.3 is 10.1 Å². The van der Waals surface area contributed by atoms with Crippen LogP contribution < -0.4 is 10.0 Å². The highest BCUT2D eigenvalue weighted by Gasteiger charge is 2.46. The fourth-order valence-corrected chi connectivity index (χ4v) is 11.6. The molecule has 2 aromatic heterocycles. The molecule has 2 aromatic carbocycles. The summed E-state index contributed by atoms with van der Waals surface area (Å²) in [5, 5.41) is 5.36. The molecule has 2 saturated carbocycles. The molecular formula is C42H45ClF5N5O6S2. The Morgan fingerprint density at radius 2 is 1.66 bits per heavy atom. The molecule has 2 fully saturated rings. The maximum absolute atomic E-state index is 14.7. The number of fused-ring (bicyclic) bond motifs is 2. The second-order valence-corrected chi connectivity index (χ2v) is 22.6. The number of halogens is 6. The summed E-state index contributed by atoms with van der Waals surface area (Å²) in [5.41, 5.74) is 0.432. The van der Waals surface area contributed by atoms with Gasteiger partial charge in [0.1, 0.15) is 34.2 Å². The van der Waals surface area contributed by atoms with Crippen LogP contribution in [0, 0.1) is 29.4 Å². The number of pyridine rings is 1. The van der Waals surface area contributed by atoms with Crippen LogP contribution >= 0.6 is 11.6 Å². The molecule has 2 heterocycles. The number of carbonyl (C=O) groups excluding carboxylic acids is 1. The Morgan fingerprint density at radius 3 is 2.25 bits per heavy atom. The van der Waals surface area contributed by atoms with Crippen molar-refractivity contribution in [1.29, 1.82) is 0 Å². The van der Waals surface area contributed by atoms with Crippen molar-refractivity contribution in [3.8, 4) is 23.0 Å². The van der Waals surface area contributed by atoms with Crippen molar-refractivity contribution >= 4 is 54.3 Å². The molecule has 7 rings (SSSR count). The van der Waals surface area contributed by atoms with Crippen LogP contribution in [-0.2, 0) is 50.4 Å². The summed E-state index contributed by atoms with van der Waals surface area (Å²) in [6.45, 7) is 7.93.